The van der Waals surface area contributed by atoms with Gasteiger partial charge in [-0.05, 0) is 25.2 Å². The number of nitrogens with zero attached hydrogens (tertiary/aromatic N) is 3. The predicted octanol–water partition coefficient (Wildman–Crippen LogP) is 3.10. The van der Waals surface area contributed by atoms with Gasteiger partial charge in [-0.2, -0.15) is 0 Å². The number of pyridine rings is 1. The number of benzene rings is 1. The van der Waals surface area contributed by atoms with Crippen molar-refractivity contribution in [3.05, 3.63) is 30.6 Å². The van der Waals surface area contributed by atoms with Crippen LogP contribution in [0.1, 0.15) is 6.92 Å². The lowest BCUT2D eigenvalue weighted by atomic mass is 10.2. The van der Waals surface area contributed by atoms with E-state index in [9.17, 15) is 0 Å². The lowest BCUT2D eigenvalue weighted by Crippen LogP contribution is -2.28. The molecule has 0 radical (unpaired) electrons. The second-order valence-electron chi connectivity index (χ2n) is 5.81. The Morgan fingerprint density at radius 1 is 1.07 bits per heavy atom. The maximum absolute atomic E-state index is 5.39. The van der Waals surface area contributed by atoms with Crippen molar-refractivity contribution in [1.29, 1.82) is 0 Å². The lowest BCUT2D eigenvalue weighted by molar-refractivity contribution is 0.324. The molecular formula is C19H22N6O3S. The van der Waals surface area contributed by atoms with E-state index in [4.69, 9.17) is 26.4 Å². The zero-order valence-electron chi connectivity index (χ0n) is 16.6. The molecule has 0 fully saturated rings. The number of methoxy groups -OCH3 is 3. The summed E-state index contributed by atoms with van der Waals surface area (Å²) < 4.78 is 16.1. The fraction of sp³-hybridized carbons (Fsp3) is 0.263. The van der Waals surface area contributed by atoms with Gasteiger partial charge < -0.3 is 30.2 Å². The number of hydrogen-bond acceptors (Lipinski definition) is 8. The number of thiocarbonyl (C=S) groups is 1. The molecule has 0 aliphatic rings. The molecule has 1 aromatic carbocycles. The molecule has 0 spiro atoms. The third-order valence-electron chi connectivity index (χ3n) is 3.97. The Balaban J connectivity index is 1.96. The number of hydrogen-bond donors (Lipinski definition) is 3. The third-order valence-corrected chi connectivity index (χ3v) is 4.22. The zero-order valence-corrected chi connectivity index (χ0v) is 17.4. The van der Waals surface area contributed by atoms with Gasteiger partial charge in [0.2, 0.25) is 5.75 Å². The Bertz CT molecular complexity index is 1000. The molecule has 2 heterocycles. The van der Waals surface area contributed by atoms with Gasteiger partial charge in [0.15, 0.2) is 22.3 Å². The number of anilines is 3. The lowest BCUT2D eigenvalue weighted by Gasteiger charge is -2.15. The highest BCUT2D eigenvalue weighted by molar-refractivity contribution is 7.80. The van der Waals surface area contributed by atoms with Crippen LogP contribution in [0.25, 0.3) is 11.2 Å². The average Bonchev–Trinajstić information content (AvgIpc) is 2.73. The van der Waals surface area contributed by atoms with Crippen LogP contribution in [-0.2, 0) is 0 Å². The highest BCUT2D eigenvalue weighted by atomic mass is 32.1. The molecule has 9 nitrogen and oxygen atoms in total. The number of rotatable bonds is 7. The van der Waals surface area contributed by atoms with E-state index in [1.807, 2.05) is 6.92 Å². The van der Waals surface area contributed by atoms with E-state index in [-0.39, 0.29) is 0 Å². The Morgan fingerprint density at radius 2 is 1.79 bits per heavy atom. The van der Waals surface area contributed by atoms with Gasteiger partial charge in [0.25, 0.3) is 0 Å². The van der Waals surface area contributed by atoms with Crippen LogP contribution in [0.5, 0.6) is 17.2 Å². The van der Waals surface area contributed by atoms with E-state index < -0.39 is 0 Å². The molecule has 0 saturated carbocycles. The topological polar surface area (TPSA) is 102 Å². The molecule has 152 valence electrons. The molecule has 10 heteroatoms. The highest BCUT2D eigenvalue weighted by Gasteiger charge is 2.14. The summed E-state index contributed by atoms with van der Waals surface area (Å²) in [5.74, 6) is 2.10. The molecule has 3 aromatic rings. The zero-order chi connectivity index (χ0) is 20.8. The summed E-state index contributed by atoms with van der Waals surface area (Å²) in [7, 11) is 4.68. The van der Waals surface area contributed by atoms with Crippen LogP contribution in [0.15, 0.2) is 30.6 Å². The SMILES string of the molecule is CCNC(=S)Nc1ccnc2ncc(Nc3cc(OC)c(OC)c(OC)c3)nc12. The predicted molar refractivity (Wildman–Crippen MR) is 117 cm³/mol. The molecule has 0 atom stereocenters. The molecule has 0 amide bonds. The molecule has 0 unspecified atom stereocenters. The molecule has 29 heavy (non-hydrogen) atoms. The van der Waals surface area contributed by atoms with Gasteiger partial charge in [-0.1, -0.05) is 0 Å². The molecule has 0 bridgehead atoms. The largest absolute Gasteiger partial charge is 0.493 e. The fourth-order valence-corrected chi connectivity index (χ4v) is 2.96. The Hall–Kier alpha value is -3.40. The minimum absolute atomic E-state index is 0.504. The summed E-state index contributed by atoms with van der Waals surface area (Å²) in [5, 5.41) is 9.88. The molecule has 3 N–H and O–H groups in total. The Morgan fingerprint density at radius 3 is 2.41 bits per heavy atom. The first-order valence-electron chi connectivity index (χ1n) is 8.83. The van der Waals surface area contributed by atoms with Crippen LogP contribution in [0, 0.1) is 0 Å². The maximum Gasteiger partial charge on any atom is 0.203 e. The van der Waals surface area contributed by atoms with E-state index in [1.165, 1.54) is 0 Å². The standard InChI is InChI=1S/C19H22N6O3S/c1-5-20-19(29)24-12-6-7-21-18-16(12)25-15(10-22-18)23-11-8-13(26-2)17(28-4)14(9-11)27-3/h6-10H,5H2,1-4H3,(H,23,25)(H2,20,21,22,24,29). The van der Waals surface area contributed by atoms with Crippen molar-refractivity contribution in [2.75, 3.05) is 38.5 Å². The van der Waals surface area contributed by atoms with Gasteiger partial charge >= 0.3 is 0 Å². The maximum atomic E-state index is 5.39. The van der Waals surface area contributed by atoms with Crippen molar-refractivity contribution in [2.45, 2.75) is 6.92 Å². The monoisotopic (exact) mass is 414 g/mol. The second kappa shape index (κ2) is 9.20. The van der Waals surface area contributed by atoms with Gasteiger partial charge in [0, 0.05) is 30.6 Å². The Kier molecular flexibility index (Phi) is 6.45. The first kappa shape index (κ1) is 20.3. The van der Waals surface area contributed by atoms with Crippen LogP contribution in [0.4, 0.5) is 17.2 Å². The van der Waals surface area contributed by atoms with Crippen molar-refractivity contribution >= 4 is 45.7 Å². The van der Waals surface area contributed by atoms with E-state index in [0.29, 0.717) is 57.3 Å². The van der Waals surface area contributed by atoms with Crippen LogP contribution in [0.3, 0.4) is 0 Å². The van der Waals surface area contributed by atoms with Crippen LogP contribution in [0.2, 0.25) is 0 Å². The molecular weight excluding hydrogens is 392 g/mol. The van der Waals surface area contributed by atoms with Gasteiger partial charge in [-0.25, -0.2) is 15.0 Å². The van der Waals surface area contributed by atoms with Gasteiger partial charge in [0.05, 0.1) is 33.2 Å². The first-order chi connectivity index (χ1) is 14.1. The number of aromatic nitrogens is 3. The van der Waals surface area contributed by atoms with Crippen molar-refractivity contribution in [3.8, 4) is 17.2 Å². The number of ether oxygens (including phenoxy) is 3. The molecule has 0 aliphatic heterocycles. The van der Waals surface area contributed by atoms with Gasteiger partial charge in [-0.15, -0.1) is 0 Å². The quantitative estimate of drug-likeness (QED) is 0.500. The molecule has 3 rings (SSSR count). The van der Waals surface area contributed by atoms with Crippen molar-refractivity contribution < 1.29 is 14.2 Å². The van der Waals surface area contributed by atoms with Crippen LogP contribution in [-0.4, -0.2) is 47.9 Å². The smallest absolute Gasteiger partial charge is 0.203 e. The van der Waals surface area contributed by atoms with Gasteiger partial charge in [-0.3, -0.25) is 0 Å². The first-order valence-corrected chi connectivity index (χ1v) is 9.24. The Labute approximate surface area is 173 Å². The molecule has 2 aromatic heterocycles. The van der Waals surface area contributed by atoms with Crippen LogP contribution < -0.4 is 30.2 Å². The summed E-state index contributed by atoms with van der Waals surface area (Å²) in [6.07, 6.45) is 3.26. The van der Waals surface area contributed by atoms with E-state index >= 15 is 0 Å². The third kappa shape index (κ3) is 4.54. The average molecular weight is 414 g/mol. The van der Waals surface area contributed by atoms with E-state index in [1.54, 1.807) is 51.9 Å². The van der Waals surface area contributed by atoms with Crippen molar-refractivity contribution in [2.24, 2.45) is 0 Å². The summed E-state index contributed by atoms with van der Waals surface area (Å²) in [6, 6.07) is 5.37. The number of fused-ring (bicyclic) bond motifs is 1. The van der Waals surface area contributed by atoms with E-state index in [2.05, 4.69) is 30.9 Å². The van der Waals surface area contributed by atoms with Crippen molar-refractivity contribution in [3.63, 3.8) is 0 Å². The van der Waals surface area contributed by atoms with Crippen LogP contribution >= 0.6 is 12.2 Å². The summed E-state index contributed by atoms with van der Waals surface area (Å²) in [4.78, 5) is 13.3. The number of nitrogens with one attached hydrogen (secondary N) is 3. The molecule has 0 aliphatic carbocycles. The minimum atomic E-state index is 0.504. The highest BCUT2D eigenvalue weighted by Crippen LogP contribution is 2.40. The minimum Gasteiger partial charge on any atom is -0.493 e. The molecule has 0 saturated heterocycles. The normalized spacial score (nSPS) is 10.3. The second-order valence-corrected chi connectivity index (χ2v) is 6.22. The summed E-state index contributed by atoms with van der Waals surface area (Å²) in [6.45, 7) is 2.69. The van der Waals surface area contributed by atoms with Gasteiger partial charge in [0.1, 0.15) is 11.3 Å². The fourth-order valence-electron chi connectivity index (χ4n) is 2.71. The summed E-state index contributed by atoms with van der Waals surface area (Å²) in [5.41, 5.74) is 2.51. The van der Waals surface area contributed by atoms with Crippen molar-refractivity contribution in [1.82, 2.24) is 20.3 Å². The summed E-state index contributed by atoms with van der Waals surface area (Å²) >= 11 is 5.27. The van der Waals surface area contributed by atoms with E-state index in [0.717, 1.165) is 0 Å².